The number of aromatic nitrogens is 2. The molecule has 0 radical (unpaired) electrons. The van der Waals surface area contributed by atoms with Crippen molar-refractivity contribution < 1.29 is 4.74 Å². The second-order valence-corrected chi connectivity index (χ2v) is 6.15. The minimum atomic E-state index is -0.182. The third-order valence-corrected chi connectivity index (χ3v) is 3.98. The second-order valence-electron chi connectivity index (χ2n) is 5.24. The summed E-state index contributed by atoms with van der Waals surface area (Å²) in [6, 6.07) is 6.17. The van der Waals surface area contributed by atoms with Crippen LogP contribution in [0, 0.1) is 6.92 Å². The maximum atomic E-state index is 5.84. The summed E-state index contributed by atoms with van der Waals surface area (Å²) in [6.45, 7) is 6.23. The van der Waals surface area contributed by atoms with Gasteiger partial charge in [-0.15, -0.1) is 0 Å². The lowest BCUT2D eigenvalue weighted by molar-refractivity contribution is 0.394. The molecule has 21 heavy (non-hydrogen) atoms. The van der Waals surface area contributed by atoms with E-state index in [0.29, 0.717) is 0 Å². The predicted octanol–water partition coefficient (Wildman–Crippen LogP) is 3.10. The first kappa shape index (κ1) is 16.0. The van der Waals surface area contributed by atoms with Gasteiger partial charge in [0.15, 0.2) is 5.75 Å². The first-order valence-electron chi connectivity index (χ1n) is 6.83. The molecular formula is C15H21BrN4O. The normalized spacial score (nSPS) is 12.7. The number of nitrogens with one attached hydrogen (secondary N) is 1. The third-order valence-electron chi connectivity index (χ3n) is 3.49. The lowest BCUT2D eigenvalue weighted by Gasteiger charge is -2.22. The largest absolute Gasteiger partial charge is 0.493 e. The van der Waals surface area contributed by atoms with Gasteiger partial charge >= 0.3 is 0 Å². The van der Waals surface area contributed by atoms with Gasteiger partial charge in [0.2, 0.25) is 0 Å². The molecule has 2 aromatic rings. The molecule has 6 heteroatoms. The van der Waals surface area contributed by atoms with E-state index in [1.807, 2.05) is 10.7 Å². The van der Waals surface area contributed by atoms with Crippen molar-refractivity contribution >= 4 is 15.9 Å². The minimum absolute atomic E-state index is 0.182. The molecule has 2 rings (SSSR count). The van der Waals surface area contributed by atoms with Gasteiger partial charge in [0.05, 0.1) is 19.3 Å². The van der Waals surface area contributed by atoms with E-state index in [1.165, 1.54) is 0 Å². The summed E-state index contributed by atoms with van der Waals surface area (Å²) in [5.41, 5.74) is 6.07. The number of aryl methyl sites for hydroxylation is 1. The molecule has 0 saturated carbocycles. The van der Waals surface area contributed by atoms with Crippen LogP contribution in [0.2, 0.25) is 0 Å². The van der Waals surface area contributed by atoms with Crippen LogP contribution >= 0.6 is 15.9 Å². The molecule has 1 atom stereocenters. The molecule has 0 aliphatic rings. The Labute approximate surface area is 133 Å². The van der Waals surface area contributed by atoms with Crippen molar-refractivity contribution in [3.8, 4) is 5.75 Å². The van der Waals surface area contributed by atoms with E-state index in [1.54, 1.807) is 13.3 Å². The number of ether oxygens (including phenoxy) is 1. The summed E-state index contributed by atoms with van der Waals surface area (Å²) >= 11 is 3.49. The van der Waals surface area contributed by atoms with Crippen LogP contribution in [-0.2, 0) is 0 Å². The van der Waals surface area contributed by atoms with Gasteiger partial charge in [-0.1, -0.05) is 22.0 Å². The second kappa shape index (κ2) is 6.60. The number of hydrogen-bond donors (Lipinski definition) is 2. The Balaban J connectivity index is 2.58. The average Bonchev–Trinajstić information content (AvgIpc) is 2.86. The fourth-order valence-corrected chi connectivity index (χ4v) is 2.95. The Morgan fingerprint density at radius 3 is 2.62 bits per heavy atom. The maximum Gasteiger partial charge on any atom is 0.161 e. The van der Waals surface area contributed by atoms with Gasteiger partial charge in [0.1, 0.15) is 5.69 Å². The predicted molar refractivity (Wildman–Crippen MR) is 87.2 cm³/mol. The molecule has 1 heterocycles. The number of hydrazine groups is 1. The molecular weight excluding hydrogens is 332 g/mol. The molecule has 0 saturated heterocycles. The number of rotatable bonds is 5. The lowest BCUT2D eigenvalue weighted by Crippen LogP contribution is -2.32. The molecule has 0 spiro atoms. The standard InChI is InChI=1S/C15H21BrN4O/c1-9(2)20-15(13(21-4)8-18-20)14(19-17)12-6-5-11(16)7-10(12)3/h5-9,14,19H,17H2,1-4H3. The third kappa shape index (κ3) is 3.12. The zero-order chi connectivity index (χ0) is 15.6. The molecule has 3 N–H and O–H groups in total. The Hall–Kier alpha value is -1.37. The van der Waals surface area contributed by atoms with Crippen LogP contribution in [0.15, 0.2) is 28.9 Å². The Kier molecular flexibility index (Phi) is 5.03. The topological polar surface area (TPSA) is 65.1 Å². The number of hydrogen-bond acceptors (Lipinski definition) is 4. The summed E-state index contributed by atoms with van der Waals surface area (Å²) in [5.74, 6) is 6.57. The van der Waals surface area contributed by atoms with Gasteiger partial charge in [0, 0.05) is 10.5 Å². The van der Waals surface area contributed by atoms with Gasteiger partial charge < -0.3 is 4.74 Å². The number of methoxy groups -OCH3 is 1. The highest BCUT2D eigenvalue weighted by atomic mass is 79.9. The van der Waals surface area contributed by atoms with Crippen molar-refractivity contribution in [1.82, 2.24) is 15.2 Å². The first-order chi connectivity index (χ1) is 9.99. The zero-order valence-electron chi connectivity index (χ0n) is 12.7. The number of benzene rings is 1. The van der Waals surface area contributed by atoms with E-state index in [2.05, 4.69) is 59.4 Å². The van der Waals surface area contributed by atoms with E-state index >= 15 is 0 Å². The highest BCUT2D eigenvalue weighted by molar-refractivity contribution is 9.10. The monoisotopic (exact) mass is 352 g/mol. The molecule has 114 valence electrons. The van der Waals surface area contributed by atoms with Crippen molar-refractivity contribution in [3.05, 3.63) is 45.7 Å². The van der Waals surface area contributed by atoms with Gasteiger partial charge in [-0.05, 0) is 44.0 Å². The van der Waals surface area contributed by atoms with E-state index in [-0.39, 0.29) is 12.1 Å². The quantitative estimate of drug-likeness (QED) is 0.640. The number of nitrogens with zero attached hydrogens (tertiary/aromatic N) is 2. The van der Waals surface area contributed by atoms with Gasteiger partial charge in [-0.25, -0.2) is 5.43 Å². The summed E-state index contributed by atoms with van der Waals surface area (Å²) < 4.78 is 8.44. The van der Waals surface area contributed by atoms with Gasteiger partial charge in [-0.3, -0.25) is 10.5 Å². The van der Waals surface area contributed by atoms with Crippen LogP contribution in [-0.4, -0.2) is 16.9 Å². The Bertz CT molecular complexity index is 624. The van der Waals surface area contributed by atoms with Crippen LogP contribution in [0.25, 0.3) is 0 Å². The zero-order valence-corrected chi connectivity index (χ0v) is 14.3. The van der Waals surface area contributed by atoms with Crippen molar-refractivity contribution in [3.63, 3.8) is 0 Å². The highest BCUT2D eigenvalue weighted by Crippen LogP contribution is 2.33. The Morgan fingerprint density at radius 2 is 2.10 bits per heavy atom. The summed E-state index contributed by atoms with van der Waals surface area (Å²) in [4.78, 5) is 0. The summed E-state index contributed by atoms with van der Waals surface area (Å²) in [6.07, 6.45) is 1.73. The molecule has 5 nitrogen and oxygen atoms in total. The van der Waals surface area contributed by atoms with Crippen LogP contribution in [0.1, 0.15) is 42.8 Å². The smallest absolute Gasteiger partial charge is 0.161 e. The number of nitrogens with two attached hydrogens (primary N) is 1. The van der Waals surface area contributed by atoms with Gasteiger partial charge in [0.25, 0.3) is 0 Å². The minimum Gasteiger partial charge on any atom is -0.493 e. The van der Waals surface area contributed by atoms with E-state index in [4.69, 9.17) is 10.6 Å². The Morgan fingerprint density at radius 1 is 1.38 bits per heavy atom. The van der Waals surface area contributed by atoms with Crippen LogP contribution in [0.4, 0.5) is 0 Å². The van der Waals surface area contributed by atoms with E-state index in [0.717, 1.165) is 27.0 Å². The van der Waals surface area contributed by atoms with Crippen molar-refractivity contribution in [1.29, 1.82) is 0 Å². The van der Waals surface area contributed by atoms with Crippen LogP contribution in [0.5, 0.6) is 5.75 Å². The average molecular weight is 353 g/mol. The molecule has 1 unspecified atom stereocenters. The molecule has 0 aliphatic heterocycles. The van der Waals surface area contributed by atoms with Crippen molar-refractivity contribution in [2.75, 3.05) is 7.11 Å². The molecule has 0 fully saturated rings. The first-order valence-corrected chi connectivity index (χ1v) is 7.62. The molecule has 1 aromatic heterocycles. The highest BCUT2D eigenvalue weighted by Gasteiger charge is 2.25. The number of halogens is 1. The molecule has 1 aromatic carbocycles. The lowest BCUT2D eigenvalue weighted by atomic mass is 9.98. The maximum absolute atomic E-state index is 5.84. The van der Waals surface area contributed by atoms with Gasteiger partial charge in [-0.2, -0.15) is 5.10 Å². The van der Waals surface area contributed by atoms with Crippen LogP contribution in [0.3, 0.4) is 0 Å². The van der Waals surface area contributed by atoms with Crippen molar-refractivity contribution in [2.45, 2.75) is 32.9 Å². The fraction of sp³-hybridized carbons (Fsp3) is 0.400. The SMILES string of the molecule is COc1cnn(C(C)C)c1C(NN)c1ccc(Br)cc1C. The molecule has 0 aliphatic carbocycles. The van der Waals surface area contributed by atoms with Crippen LogP contribution < -0.4 is 16.0 Å². The molecule has 0 amide bonds. The van der Waals surface area contributed by atoms with E-state index in [9.17, 15) is 0 Å². The fourth-order valence-electron chi connectivity index (χ4n) is 2.48. The summed E-state index contributed by atoms with van der Waals surface area (Å²) in [7, 11) is 1.65. The summed E-state index contributed by atoms with van der Waals surface area (Å²) in [5, 5.41) is 4.41. The van der Waals surface area contributed by atoms with Crippen molar-refractivity contribution in [2.24, 2.45) is 5.84 Å². The molecule has 0 bridgehead atoms. The van der Waals surface area contributed by atoms with E-state index < -0.39 is 0 Å².